The number of nitro groups is 1. The minimum Gasteiger partial charge on any atom is -0.459 e. The van der Waals surface area contributed by atoms with E-state index < -0.39 is 10.9 Å². The van der Waals surface area contributed by atoms with Crippen LogP contribution in [0.4, 0.5) is 5.69 Å². The summed E-state index contributed by atoms with van der Waals surface area (Å²) in [6.07, 6.45) is 1.71. The molecule has 0 saturated carbocycles. The first-order chi connectivity index (χ1) is 13.1. The van der Waals surface area contributed by atoms with Gasteiger partial charge in [0.05, 0.1) is 10.6 Å². The molecule has 0 unspecified atom stereocenters. The maximum Gasteiger partial charge on any atom is 0.328 e. The molecule has 1 heterocycles. The highest BCUT2D eigenvalue weighted by Crippen LogP contribution is 2.20. The number of ether oxygens (including phenoxy) is 1. The van der Waals surface area contributed by atoms with Crippen molar-refractivity contribution in [3.8, 4) is 0 Å². The van der Waals surface area contributed by atoms with E-state index in [-0.39, 0.29) is 18.8 Å². The maximum atomic E-state index is 11.9. The molecule has 0 saturated heterocycles. The van der Waals surface area contributed by atoms with E-state index in [9.17, 15) is 14.9 Å². The third-order valence-electron chi connectivity index (χ3n) is 3.55. The lowest BCUT2D eigenvalue weighted by Crippen LogP contribution is -2.14. The summed E-state index contributed by atoms with van der Waals surface area (Å²) in [7, 11) is 0. The molecule has 1 aromatic heterocycles. The number of thioether (sulfide) groups is 1. The number of carbonyl (C=O) groups excluding carboxylic acids is 1. The summed E-state index contributed by atoms with van der Waals surface area (Å²) in [5, 5.41) is 18.6. The first kappa shape index (κ1) is 18.6. The van der Waals surface area contributed by atoms with Crippen molar-refractivity contribution in [2.75, 3.05) is 0 Å². The van der Waals surface area contributed by atoms with Crippen molar-refractivity contribution in [1.29, 1.82) is 0 Å². The summed E-state index contributed by atoms with van der Waals surface area (Å²) in [5.74, 6) is 0.197. The number of esters is 1. The molecule has 0 radical (unpaired) electrons. The average Bonchev–Trinajstić information content (AvgIpc) is 3.13. The van der Waals surface area contributed by atoms with Crippen LogP contribution in [0.5, 0.6) is 0 Å². The second kappa shape index (κ2) is 8.95. The van der Waals surface area contributed by atoms with Gasteiger partial charge in [-0.15, -0.1) is 16.9 Å². The normalized spacial score (nSPS) is 10.5. The fourth-order valence-electron chi connectivity index (χ4n) is 2.21. The molecule has 0 amide bonds. The number of aromatic nitrogens is 3. The van der Waals surface area contributed by atoms with Crippen molar-refractivity contribution in [3.05, 3.63) is 82.2 Å². The third-order valence-corrected chi connectivity index (χ3v) is 4.60. The second-order valence-electron chi connectivity index (χ2n) is 5.59. The molecule has 0 bridgehead atoms. The van der Waals surface area contributed by atoms with Gasteiger partial charge in [-0.1, -0.05) is 23.4 Å². The molecule has 0 spiro atoms. The van der Waals surface area contributed by atoms with Crippen molar-refractivity contribution in [2.24, 2.45) is 0 Å². The van der Waals surface area contributed by atoms with Crippen LogP contribution >= 0.6 is 11.8 Å². The Kier molecular flexibility index (Phi) is 6.16. The summed E-state index contributed by atoms with van der Waals surface area (Å²) >= 11 is 1.64. The number of hydrogen-bond acceptors (Lipinski definition) is 7. The van der Waals surface area contributed by atoms with Gasteiger partial charge in [0.25, 0.3) is 5.69 Å². The van der Waals surface area contributed by atoms with Crippen LogP contribution in [0.2, 0.25) is 0 Å². The maximum absolute atomic E-state index is 11.9. The van der Waals surface area contributed by atoms with Crippen molar-refractivity contribution >= 4 is 23.4 Å². The Balaban J connectivity index is 1.45. The van der Waals surface area contributed by atoms with Gasteiger partial charge in [-0.05, 0) is 29.8 Å². The molecule has 0 fully saturated rings. The molecule has 9 heteroatoms. The monoisotopic (exact) mass is 384 g/mol. The quantitative estimate of drug-likeness (QED) is 0.254. The number of carbonyl (C=O) groups is 1. The minimum atomic E-state index is -0.478. The topological polar surface area (TPSA) is 100 Å². The third kappa shape index (κ3) is 5.65. The van der Waals surface area contributed by atoms with Crippen LogP contribution in [-0.2, 0) is 28.4 Å². The van der Waals surface area contributed by atoms with Gasteiger partial charge in [-0.3, -0.25) is 14.9 Å². The molecule has 0 N–H and O–H groups in total. The predicted molar refractivity (Wildman–Crippen MR) is 98.9 cm³/mol. The first-order valence-corrected chi connectivity index (χ1v) is 9.04. The number of benzene rings is 2. The molecule has 2 aromatic carbocycles. The summed E-state index contributed by atoms with van der Waals surface area (Å²) in [6.45, 7) is -0.00176. The Hall–Kier alpha value is -3.20. The fraction of sp³-hybridized carbons (Fsp3) is 0.167. The van der Waals surface area contributed by atoms with Gasteiger partial charge in [0.15, 0.2) is 0 Å². The lowest BCUT2D eigenvalue weighted by molar-refractivity contribution is -0.384. The average molecular weight is 384 g/mol. The van der Waals surface area contributed by atoms with Gasteiger partial charge in [0, 0.05) is 29.0 Å². The van der Waals surface area contributed by atoms with Gasteiger partial charge in [-0.25, -0.2) is 4.68 Å². The van der Waals surface area contributed by atoms with E-state index in [1.54, 1.807) is 30.1 Å². The lowest BCUT2D eigenvalue weighted by Gasteiger charge is -2.04. The van der Waals surface area contributed by atoms with E-state index in [1.165, 1.54) is 16.8 Å². The van der Waals surface area contributed by atoms with Gasteiger partial charge in [0.2, 0.25) is 0 Å². The van der Waals surface area contributed by atoms with Gasteiger partial charge >= 0.3 is 5.97 Å². The SMILES string of the molecule is O=C(Cn1cc(CSc2ccccc2)nn1)OCc1ccc([N+](=O)[O-])cc1. The summed E-state index contributed by atoms with van der Waals surface area (Å²) in [6, 6.07) is 15.8. The number of hydrogen-bond donors (Lipinski definition) is 0. The Morgan fingerprint density at radius 3 is 2.59 bits per heavy atom. The van der Waals surface area contributed by atoms with Gasteiger partial charge in [-0.2, -0.15) is 0 Å². The van der Waals surface area contributed by atoms with Crippen LogP contribution in [0.1, 0.15) is 11.3 Å². The molecule has 0 atom stereocenters. The van der Waals surface area contributed by atoms with E-state index in [4.69, 9.17) is 4.74 Å². The standard InChI is InChI=1S/C18H16N4O4S/c23-18(26-12-14-6-8-16(9-7-14)22(24)25)11-21-10-15(19-20-21)13-27-17-4-2-1-3-5-17/h1-10H,11-13H2. The molecule has 27 heavy (non-hydrogen) atoms. The zero-order valence-corrected chi connectivity index (χ0v) is 15.0. The largest absolute Gasteiger partial charge is 0.459 e. The molecule has 0 aliphatic rings. The second-order valence-corrected chi connectivity index (χ2v) is 6.64. The smallest absolute Gasteiger partial charge is 0.328 e. The summed E-state index contributed by atoms with van der Waals surface area (Å²) in [5.41, 5.74) is 1.44. The van der Waals surface area contributed by atoms with E-state index >= 15 is 0 Å². The molecule has 3 rings (SSSR count). The Morgan fingerprint density at radius 1 is 1.15 bits per heavy atom. The van der Waals surface area contributed by atoms with E-state index in [0.29, 0.717) is 11.3 Å². The zero-order valence-electron chi connectivity index (χ0n) is 14.2. The number of non-ortho nitro benzene ring substituents is 1. The van der Waals surface area contributed by atoms with Crippen LogP contribution in [0, 0.1) is 10.1 Å². The molecule has 8 nitrogen and oxygen atoms in total. The Labute approximate surface area is 159 Å². The van der Waals surface area contributed by atoms with Crippen LogP contribution in [-0.4, -0.2) is 25.9 Å². The molecule has 0 aliphatic heterocycles. The lowest BCUT2D eigenvalue weighted by atomic mass is 10.2. The van der Waals surface area contributed by atoms with Gasteiger partial charge in [0.1, 0.15) is 13.2 Å². The van der Waals surface area contributed by atoms with Gasteiger partial charge < -0.3 is 4.74 Å². The fourth-order valence-corrected chi connectivity index (χ4v) is 3.01. The highest BCUT2D eigenvalue weighted by atomic mass is 32.2. The van der Waals surface area contributed by atoms with Crippen molar-refractivity contribution in [3.63, 3.8) is 0 Å². The summed E-state index contributed by atoms with van der Waals surface area (Å²) in [4.78, 5) is 23.2. The van der Waals surface area contributed by atoms with Crippen LogP contribution < -0.4 is 0 Å². The minimum absolute atomic E-state index is 0.00593. The number of rotatable bonds is 8. The first-order valence-electron chi connectivity index (χ1n) is 8.06. The van der Waals surface area contributed by atoms with Crippen molar-refractivity contribution in [1.82, 2.24) is 15.0 Å². The van der Waals surface area contributed by atoms with E-state index in [0.717, 1.165) is 10.6 Å². The van der Waals surface area contributed by atoms with E-state index in [2.05, 4.69) is 10.3 Å². The Morgan fingerprint density at radius 2 is 1.89 bits per heavy atom. The van der Waals surface area contributed by atoms with Crippen LogP contribution in [0.3, 0.4) is 0 Å². The molecule has 0 aliphatic carbocycles. The predicted octanol–water partition coefficient (Wildman–Crippen LogP) is 3.22. The van der Waals surface area contributed by atoms with Crippen LogP contribution in [0.25, 0.3) is 0 Å². The molecular formula is C18H16N4O4S. The Bertz CT molecular complexity index is 913. The van der Waals surface area contributed by atoms with Crippen molar-refractivity contribution in [2.45, 2.75) is 23.8 Å². The highest BCUT2D eigenvalue weighted by Gasteiger charge is 2.09. The van der Waals surface area contributed by atoms with Crippen molar-refractivity contribution < 1.29 is 14.5 Å². The number of nitrogens with zero attached hydrogens (tertiary/aromatic N) is 4. The molecule has 138 valence electrons. The van der Waals surface area contributed by atoms with Crippen LogP contribution in [0.15, 0.2) is 65.7 Å². The highest BCUT2D eigenvalue weighted by molar-refractivity contribution is 7.98. The molecule has 3 aromatic rings. The van der Waals surface area contributed by atoms with E-state index in [1.807, 2.05) is 30.3 Å². The summed E-state index contributed by atoms with van der Waals surface area (Å²) < 4.78 is 6.60. The molecular weight excluding hydrogens is 368 g/mol. The zero-order chi connectivity index (χ0) is 19.1. The number of nitro benzene ring substituents is 1.